The molecule has 0 saturated carbocycles. The van der Waals surface area contributed by atoms with Crippen molar-refractivity contribution in [2.24, 2.45) is 4.99 Å². The minimum atomic E-state index is 0.687. The van der Waals surface area contributed by atoms with Gasteiger partial charge in [0.15, 0.2) is 0 Å². The molecule has 0 bridgehead atoms. The van der Waals surface area contributed by atoms with E-state index in [-0.39, 0.29) is 0 Å². The summed E-state index contributed by atoms with van der Waals surface area (Å²) in [6.07, 6.45) is 12.2. The summed E-state index contributed by atoms with van der Waals surface area (Å²) >= 11 is 0. The first-order valence-corrected chi connectivity index (χ1v) is 13.7. The zero-order chi connectivity index (χ0) is 24.4. The zero-order valence-corrected chi connectivity index (χ0v) is 22.4. The largest absolute Gasteiger partial charge is 0.460 e. The number of aryl methyl sites for hydroxylation is 1. The van der Waals surface area contributed by atoms with Gasteiger partial charge in [-0.05, 0) is 95.0 Å². The smallest absolute Gasteiger partial charge is 0.144 e. The highest BCUT2D eigenvalue weighted by molar-refractivity contribution is 5.75. The Balaban J connectivity index is 1.82. The lowest BCUT2D eigenvalue weighted by Crippen LogP contribution is -2.29. The van der Waals surface area contributed by atoms with Crippen LogP contribution in [-0.4, -0.2) is 48.7 Å². The van der Waals surface area contributed by atoms with Crippen LogP contribution in [0.15, 0.2) is 45.8 Å². The van der Waals surface area contributed by atoms with Crippen molar-refractivity contribution in [2.75, 3.05) is 32.7 Å². The molecule has 1 heterocycles. The quantitative estimate of drug-likeness (QED) is 0.158. The monoisotopic (exact) mass is 467 g/mol. The second-order valence-corrected chi connectivity index (χ2v) is 9.62. The molecule has 2 aromatic rings. The topological polar surface area (TPSA) is 32.0 Å². The minimum absolute atomic E-state index is 0.687. The van der Waals surface area contributed by atoms with Crippen molar-refractivity contribution in [3.8, 4) is 0 Å². The summed E-state index contributed by atoms with van der Waals surface area (Å²) in [5, 5.41) is 0. The molecule has 0 atom stereocenters. The molecule has 4 heteroatoms. The molecule has 1 aromatic carbocycles. The Labute approximate surface area is 209 Å². The van der Waals surface area contributed by atoms with Crippen LogP contribution in [0.1, 0.15) is 94.8 Å². The van der Waals surface area contributed by atoms with Crippen molar-refractivity contribution in [1.82, 2.24) is 9.80 Å². The van der Waals surface area contributed by atoms with Crippen LogP contribution in [0.4, 0.5) is 0 Å². The zero-order valence-electron chi connectivity index (χ0n) is 22.4. The van der Waals surface area contributed by atoms with E-state index in [1.807, 2.05) is 25.3 Å². The summed E-state index contributed by atoms with van der Waals surface area (Å²) in [6.45, 7) is 16.7. The highest BCUT2D eigenvalue weighted by atomic mass is 16.3. The molecule has 0 unspecified atom stereocenters. The third kappa shape index (κ3) is 12.0. The molecule has 0 saturated heterocycles. The fourth-order valence-electron chi connectivity index (χ4n) is 4.44. The molecule has 0 aliphatic heterocycles. The van der Waals surface area contributed by atoms with Crippen molar-refractivity contribution in [1.29, 1.82) is 0 Å². The van der Waals surface area contributed by atoms with E-state index in [9.17, 15) is 0 Å². The van der Waals surface area contributed by atoms with E-state index in [2.05, 4.69) is 59.8 Å². The van der Waals surface area contributed by atoms with Gasteiger partial charge < -0.3 is 9.32 Å². The summed E-state index contributed by atoms with van der Waals surface area (Å²) < 4.78 is 5.55. The molecule has 4 nitrogen and oxygen atoms in total. The van der Waals surface area contributed by atoms with Gasteiger partial charge in [-0.25, -0.2) is 0 Å². The van der Waals surface area contributed by atoms with Crippen molar-refractivity contribution >= 4 is 6.21 Å². The van der Waals surface area contributed by atoms with Crippen molar-refractivity contribution in [2.45, 2.75) is 92.2 Å². The molecule has 0 N–H and O–H groups in total. The number of rotatable bonds is 19. The van der Waals surface area contributed by atoms with E-state index in [0.717, 1.165) is 18.1 Å². The van der Waals surface area contributed by atoms with Crippen LogP contribution in [0.25, 0.3) is 0 Å². The Morgan fingerprint density at radius 2 is 1.29 bits per heavy atom. The van der Waals surface area contributed by atoms with Crippen LogP contribution < -0.4 is 0 Å². The molecule has 0 aliphatic rings. The van der Waals surface area contributed by atoms with Gasteiger partial charge >= 0.3 is 0 Å². The third-order valence-electron chi connectivity index (χ3n) is 6.29. The molecule has 190 valence electrons. The molecule has 0 radical (unpaired) electrons. The number of benzene rings is 1. The highest BCUT2D eigenvalue weighted by Crippen LogP contribution is 2.12. The molecule has 0 amide bonds. The molecule has 0 aliphatic carbocycles. The Morgan fingerprint density at radius 1 is 0.676 bits per heavy atom. The van der Waals surface area contributed by atoms with Gasteiger partial charge in [0, 0.05) is 6.54 Å². The number of furan rings is 1. The summed E-state index contributed by atoms with van der Waals surface area (Å²) in [5.74, 6) is 1.74. The van der Waals surface area contributed by atoms with Crippen molar-refractivity contribution in [3.05, 3.63) is 59.0 Å². The molecule has 2 rings (SSSR count). The Bertz CT molecular complexity index is 775. The average Bonchev–Trinajstić information content (AvgIpc) is 3.25. The van der Waals surface area contributed by atoms with E-state index < -0.39 is 0 Å². The van der Waals surface area contributed by atoms with Crippen LogP contribution in [0.3, 0.4) is 0 Å². The van der Waals surface area contributed by atoms with E-state index >= 15 is 0 Å². The second-order valence-electron chi connectivity index (χ2n) is 9.62. The van der Waals surface area contributed by atoms with Crippen LogP contribution in [0.5, 0.6) is 0 Å². The van der Waals surface area contributed by atoms with E-state index in [1.165, 1.54) is 95.2 Å². The Hall–Kier alpha value is -1.91. The standard InChI is InChI=1S/C30H49N3O/c1-5-8-9-10-22-33(23-12-11-21-32(19-6-2)20-7-3)26-29-16-14-28(15-17-29)24-31-25-30-18-13-27(4)34-30/h13-18,25H,5-12,19-24,26H2,1-4H3. The van der Waals surface area contributed by atoms with Gasteiger partial charge in [0.05, 0.1) is 12.8 Å². The number of hydrogen-bond acceptors (Lipinski definition) is 4. The van der Waals surface area contributed by atoms with Crippen LogP contribution in [0, 0.1) is 6.92 Å². The van der Waals surface area contributed by atoms with E-state index in [1.54, 1.807) is 0 Å². The number of hydrogen-bond donors (Lipinski definition) is 0. The molecular weight excluding hydrogens is 418 g/mol. The normalized spacial score (nSPS) is 11.9. The summed E-state index contributed by atoms with van der Waals surface area (Å²) in [7, 11) is 0. The van der Waals surface area contributed by atoms with Gasteiger partial charge in [-0.15, -0.1) is 0 Å². The lowest BCUT2D eigenvalue weighted by atomic mass is 10.1. The molecule has 0 fully saturated rings. The van der Waals surface area contributed by atoms with Gasteiger partial charge in [0.1, 0.15) is 11.5 Å². The SMILES string of the molecule is CCCCCCN(CCCCN(CCC)CCC)Cc1ccc(CN=Cc2ccc(C)o2)cc1. The van der Waals surface area contributed by atoms with Crippen molar-refractivity contribution in [3.63, 3.8) is 0 Å². The van der Waals surface area contributed by atoms with Gasteiger partial charge in [-0.1, -0.05) is 64.3 Å². The first kappa shape index (κ1) is 28.3. The summed E-state index contributed by atoms with van der Waals surface area (Å²) in [4.78, 5) is 9.84. The first-order valence-electron chi connectivity index (χ1n) is 13.7. The van der Waals surface area contributed by atoms with E-state index in [0.29, 0.717) is 6.54 Å². The Morgan fingerprint density at radius 3 is 1.88 bits per heavy atom. The van der Waals surface area contributed by atoms with Gasteiger partial charge in [-0.3, -0.25) is 9.89 Å². The second kappa shape index (κ2) is 17.5. The van der Waals surface area contributed by atoms with E-state index in [4.69, 9.17) is 4.42 Å². The molecule has 1 aromatic heterocycles. The summed E-state index contributed by atoms with van der Waals surface area (Å²) in [5.41, 5.74) is 2.65. The maximum absolute atomic E-state index is 5.55. The van der Waals surface area contributed by atoms with Crippen LogP contribution in [0.2, 0.25) is 0 Å². The van der Waals surface area contributed by atoms with Crippen molar-refractivity contribution < 1.29 is 4.42 Å². The maximum Gasteiger partial charge on any atom is 0.144 e. The van der Waals surface area contributed by atoms with Gasteiger partial charge in [-0.2, -0.15) is 0 Å². The molecular formula is C30H49N3O. The predicted molar refractivity (Wildman–Crippen MR) is 147 cm³/mol. The number of nitrogens with zero attached hydrogens (tertiary/aromatic N) is 3. The first-order chi connectivity index (χ1) is 16.6. The lowest BCUT2D eigenvalue weighted by Gasteiger charge is -2.24. The Kier molecular flexibility index (Phi) is 14.6. The van der Waals surface area contributed by atoms with Gasteiger partial charge in [0.2, 0.25) is 0 Å². The molecule has 34 heavy (non-hydrogen) atoms. The average molecular weight is 468 g/mol. The fourth-order valence-corrected chi connectivity index (χ4v) is 4.44. The summed E-state index contributed by atoms with van der Waals surface area (Å²) in [6, 6.07) is 12.9. The lowest BCUT2D eigenvalue weighted by molar-refractivity contribution is 0.233. The maximum atomic E-state index is 5.55. The highest BCUT2D eigenvalue weighted by Gasteiger charge is 2.08. The van der Waals surface area contributed by atoms with Crippen LogP contribution >= 0.6 is 0 Å². The predicted octanol–water partition coefficient (Wildman–Crippen LogP) is 7.49. The molecule has 0 spiro atoms. The fraction of sp³-hybridized carbons (Fsp3) is 0.633. The number of aliphatic imine (C=N–C) groups is 1. The number of unbranched alkanes of at least 4 members (excludes halogenated alkanes) is 4. The van der Waals surface area contributed by atoms with Gasteiger partial charge in [0.25, 0.3) is 0 Å². The third-order valence-corrected chi connectivity index (χ3v) is 6.29. The van der Waals surface area contributed by atoms with Crippen LogP contribution in [-0.2, 0) is 13.1 Å². The minimum Gasteiger partial charge on any atom is -0.460 e.